The van der Waals surface area contributed by atoms with E-state index < -0.39 is 10.0 Å². The quantitative estimate of drug-likeness (QED) is 0.756. The third-order valence-electron chi connectivity index (χ3n) is 4.90. The zero-order valence-corrected chi connectivity index (χ0v) is 13.7. The molecule has 2 N–H and O–H groups in total. The van der Waals surface area contributed by atoms with Crippen molar-refractivity contribution in [3.63, 3.8) is 0 Å². The van der Waals surface area contributed by atoms with Crippen LogP contribution in [0.25, 0.3) is 0 Å². The van der Waals surface area contributed by atoms with Crippen molar-refractivity contribution in [3.8, 4) is 0 Å². The lowest BCUT2D eigenvalue weighted by atomic mass is 9.73. The number of sulfonamides is 1. The zero-order valence-electron chi connectivity index (χ0n) is 12.9. The van der Waals surface area contributed by atoms with Gasteiger partial charge < -0.3 is 10.2 Å². The van der Waals surface area contributed by atoms with Gasteiger partial charge in [-0.25, -0.2) is 13.1 Å². The fraction of sp³-hybridized carbons (Fsp3) is 1.00. The molecule has 1 saturated carbocycles. The Balaban J connectivity index is 1.89. The first-order valence-corrected chi connectivity index (χ1v) is 9.47. The van der Waals surface area contributed by atoms with E-state index in [9.17, 15) is 8.42 Å². The maximum absolute atomic E-state index is 11.5. The summed E-state index contributed by atoms with van der Waals surface area (Å²) in [6, 6.07) is 1.12. The van der Waals surface area contributed by atoms with Gasteiger partial charge in [0.15, 0.2) is 0 Å². The molecule has 2 atom stereocenters. The average molecular weight is 303 g/mol. The highest BCUT2D eigenvalue weighted by Crippen LogP contribution is 2.35. The molecule has 2 aliphatic rings. The topological polar surface area (TPSA) is 61.4 Å². The molecule has 118 valence electrons. The number of nitrogens with zero attached hydrogens (tertiary/aromatic N) is 1. The van der Waals surface area contributed by atoms with Gasteiger partial charge in [0.2, 0.25) is 10.0 Å². The van der Waals surface area contributed by atoms with E-state index in [0.29, 0.717) is 30.5 Å². The van der Waals surface area contributed by atoms with Crippen LogP contribution in [0.15, 0.2) is 0 Å². The summed E-state index contributed by atoms with van der Waals surface area (Å²) in [7, 11) is -1.61. The Bertz CT molecular complexity index is 397. The van der Waals surface area contributed by atoms with Crippen LogP contribution in [-0.2, 0) is 10.0 Å². The number of fused-ring (bicyclic) bond motifs is 2. The largest absolute Gasteiger partial charge is 0.312 e. The molecular weight excluding hydrogens is 274 g/mol. The Morgan fingerprint density at radius 1 is 1.20 bits per heavy atom. The Kier molecular flexibility index (Phi) is 5.45. The average Bonchev–Trinajstić information content (AvgIpc) is 2.37. The molecule has 2 rings (SSSR count). The maximum atomic E-state index is 11.5. The summed E-state index contributed by atoms with van der Waals surface area (Å²) in [6.07, 6.45) is 3.88. The van der Waals surface area contributed by atoms with Crippen molar-refractivity contribution in [2.45, 2.75) is 45.2 Å². The lowest BCUT2D eigenvalue weighted by Crippen LogP contribution is -2.58. The van der Waals surface area contributed by atoms with Crippen molar-refractivity contribution in [1.29, 1.82) is 0 Å². The van der Waals surface area contributed by atoms with Gasteiger partial charge in [0.05, 0.1) is 5.75 Å². The van der Waals surface area contributed by atoms with Crippen molar-refractivity contribution in [3.05, 3.63) is 0 Å². The standard InChI is InChI=1S/C14H29N3O2S/c1-11(2)17-9-12-5-4-6-13(10-17)14(12)16-7-8-20(18,19)15-3/h11-16H,4-10H2,1-3H3. The van der Waals surface area contributed by atoms with Crippen LogP contribution in [0.3, 0.4) is 0 Å². The molecule has 0 spiro atoms. The summed E-state index contributed by atoms with van der Waals surface area (Å²) in [5, 5.41) is 3.53. The summed E-state index contributed by atoms with van der Waals surface area (Å²) >= 11 is 0. The van der Waals surface area contributed by atoms with Gasteiger partial charge in [-0.15, -0.1) is 0 Å². The lowest BCUT2D eigenvalue weighted by Gasteiger charge is -2.49. The van der Waals surface area contributed by atoms with Crippen molar-refractivity contribution in [1.82, 2.24) is 14.9 Å². The van der Waals surface area contributed by atoms with Gasteiger partial charge in [-0.1, -0.05) is 6.42 Å². The van der Waals surface area contributed by atoms with E-state index in [2.05, 4.69) is 28.8 Å². The van der Waals surface area contributed by atoms with Crippen molar-refractivity contribution < 1.29 is 8.42 Å². The molecular formula is C14H29N3O2S. The highest BCUT2D eigenvalue weighted by atomic mass is 32.2. The number of piperidine rings is 1. The summed E-state index contributed by atoms with van der Waals surface area (Å²) < 4.78 is 25.3. The zero-order chi connectivity index (χ0) is 14.8. The fourth-order valence-electron chi connectivity index (χ4n) is 3.69. The smallest absolute Gasteiger partial charge is 0.212 e. The minimum Gasteiger partial charge on any atom is -0.312 e. The van der Waals surface area contributed by atoms with Crippen LogP contribution in [-0.4, -0.2) is 57.8 Å². The summed E-state index contributed by atoms with van der Waals surface area (Å²) in [5.41, 5.74) is 0. The Hall–Kier alpha value is -0.170. The number of hydrogen-bond donors (Lipinski definition) is 2. The monoisotopic (exact) mass is 303 g/mol. The fourth-order valence-corrected chi connectivity index (χ4v) is 4.28. The molecule has 5 nitrogen and oxygen atoms in total. The van der Waals surface area contributed by atoms with E-state index >= 15 is 0 Å². The molecule has 1 heterocycles. The SMILES string of the molecule is CNS(=O)(=O)CCNC1C2CCCC1CN(C(C)C)C2. The predicted molar refractivity (Wildman–Crippen MR) is 82.2 cm³/mol. The number of rotatable bonds is 6. The van der Waals surface area contributed by atoms with Crippen molar-refractivity contribution in [2.24, 2.45) is 11.8 Å². The first kappa shape index (κ1) is 16.2. The molecule has 20 heavy (non-hydrogen) atoms. The van der Waals surface area contributed by atoms with Crippen molar-refractivity contribution >= 4 is 10.0 Å². The van der Waals surface area contributed by atoms with Crippen LogP contribution in [0.2, 0.25) is 0 Å². The first-order valence-electron chi connectivity index (χ1n) is 7.81. The van der Waals surface area contributed by atoms with E-state index in [4.69, 9.17) is 0 Å². The molecule has 0 aromatic heterocycles. The third-order valence-corrected chi connectivity index (χ3v) is 6.26. The normalized spacial score (nSPS) is 31.7. The van der Waals surface area contributed by atoms with Crippen molar-refractivity contribution in [2.75, 3.05) is 32.4 Å². The minimum absolute atomic E-state index is 0.174. The number of likely N-dealkylation sites (tertiary alicyclic amines) is 1. The van der Waals surface area contributed by atoms with Crippen LogP contribution < -0.4 is 10.0 Å². The van der Waals surface area contributed by atoms with Crippen LogP contribution in [0.4, 0.5) is 0 Å². The number of hydrogen-bond acceptors (Lipinski definition) is 4. The Morgan fingerprint density at radius 3 is 2.30 bits per heavy atom. The van der Waals surface area contributed by atoms with Crippen LogP contribution in [0.5, 0.6) is 0 Å². The molecule has 2 fully saturated rings. The molecule has 2 unspecified atom stereocenters. The molecule has 1 saturated heterocycles. The molecule has 0 aromatic rings. The van der Waals surface area contributed by atoms with Gasteiger partial charge >= 0.3 is 0 Å². The second-order valence-corrected chi connectivity index (χ2v) is 8.55. The maximum Gasteiger partial charge on any atom is 0.212 e. The predicted octanol–water partition coefficient (Wildman–Crippen LogP) is 0.634. The first-order chi connectivity index (χ1) is 9.43. The lowest BCUT2D eigenvalue weighted by molar-refractivity contribution is 0.0305. The summed E-state index contributed by atoms with van der Waals surface area (Å²) in [5.74, 6) is 1.54. The molecule has 6 heteroatoms. The third kappa shape index (κ3) is 3.93. The van der Waals surface area contributed by atoms with E-state index in [1.165, 1.54) is 26.3 Å². The van der Waals surface area contributed by atoms with Crippen LogP contribution >= 0.6 is 0 Å². The van der Waals surface area contributed by atoms with E-state index in [-0.39, 0.29) is 5.75 Å². The molecule has 1 aliphatic heterocycles. The molecule has 1 aliphatic carbocycles. The van der Waals surface area contributed by atoms with Gasteiger partial charge in [0, 0.05) is 31.7 Å². The van der Waals surface area contributed by atoms with E-state index in [0.717, 1.165) is 13.1 Å². The highest BCUT2D eigenvalue weighted by molar-refractivity contribution is 7.89. The molecule has 0 aromatic carbocycles. The summed E-state index contributed by atoms with van der Waals surface area (Å²) in [4.78, 5) is 2.58. The summed E-state index contributed by atoms with van der Waals surface area (Å²) in [6.45, 7) is 7.41. The van der Waals surface area contributed by atoms with Gasteiger partial charge in [-0.05, 0) is 45.6 Å². The Labute approximate surface area is 123 Å². The number of nitrogens with one attached hydrogen (secondary N) is 2. The van der Waals surface area contributed by atoms with Gasteiger partial charge in [-0.3, -0.25) is 0 Å². The molecule has 2 bridgehead atoms. The Morgan fingerprint density at radius 2 is 1.80 bits per heavy atom. The molecule has 0 radical (unpaired) electrons. The van der Waals surface area contributed by atoms with E-state index in [1.54, 1.807) is 0 Å². The second-order valence-electron chi connectivity index (χ2n) is 6.50. The second kappa shape index (κ2) is 6.73. The molecule has 0 amide bonds. The van der Waals surface area contributed by atoms with E-state index in [1.807, 2.05) is 0 Å². The minimum atomic E-state index is -3.09. The van der Waals surface area contributed by atoms with Gasteiger partial charge in [0.25, 0.3) is 0 Å². The van der Waals surface area contributed by atoms with Gasteiger partial charge in [0.1, 0.15) is 0 Å². The van der Waals surface area contributed by atoms with Crippen LogP contribution in [0.1, 0.15) is 33.1 Å². The van der Waals surface area contributed by atoms with Crippen LogP contribution in [0, 0.1) is 11.8 Å². The van der Waals surface area contributed by atoms with Gasteiger partial charge in [-0.2, -0.15) is 0 Å². The highest BCUT2D eigenvalue weighted by Gasteiger charge is 2.39.